The maximum absolute atomic E-state index is 13.0. The zero-order chi connectivity index (χ0) is 25.8. The predicted molar refractivity (Wildman–Crippen MR) is 135 cm³/mol. The molecule has 0 spiro atoms. The summed E-state index contributed by atoms with van der Waals surface area (Å²) in [5.74, 6) is -1.67. The molecular formula is C22H26Cl2N2O6S2. The van der Waals surface area contributed by atoms with Crippen LogP contribution in [0.25, 0.3) is 0 Å². The highest BCUT2D eigenvalue weighted by molar-refractivity contribution is 8.14. The van der Waals surface area contributed by atoms with Gasteiger partial charge in [-0.25, -0.2) is 4.79 Å². The summed E-state index contributed by atoms with van der Waals surface area (Å²) in [7, 11) is 3.89. The Hall–Kier alpha value is -1.85. The normalized spacial score (nSPS) is 19.5. The molecule has 12 heteroatoms. The first-order chi connectivity index (χ1) is 15.7. The van der Waals surface area contributed by atoms with Crippen molar-refractivity contribution in [2.24, 2.45) is 0 Å². The van der Waals surface area contributed by atoms with Gasteiger partial charge in [-0.15, -0.1) is 11.6 Å². The quantitative estimate of drug-likeness (QED) is 0.0953. The fourth-order valence-electron chi connectivity index (χ4n) is 3.24. The standard InChI is InChI=1S/C22H26Cl2N2O6S2/c1-12(2)18(21(29)32-22(3,4)5)26-19(28)17(20(26)34(24)30)25-15(33)10-13-6-8-14(9-7-13)31-16(27)11-23/h6-9,17-18,20H,1,10-11H2,2-5H3,(H,25,33). The number of β-lactam (4-membered cyclic amide) rings is 1. The molecule has 1 aliphatic rings. The van der Waals surface area contributed by atoms with E-state index in [0.29, 0.717) is 16.3 Å². The molecule has 1 aromatic rings. The van der Waals surface area contributed by atoms with E-state index in [0.717, 1.165) is 10.5 Å². The Morgan fingerprint density at radius 1 is 1.32 bits per heavy atom. The largest absolute Gasteiger partial charge is 0.597 e. The third kappa shape index (κ3) is 7.32. The molecule has 0 radical (unpaired) electrons. The van der Waals surface area contributed by atoms with Crippen LogP contribution >= 0.6 is 34.5 Å². The number of likely N-dealkylation sites (tertiary alicyclic amines) is 1. The van der Waals surface area contributed by atoms with Crippen molar-refractivity contribution < 1.29 is 28.4 Å². The van der Waals surface area contributed by atoms with E-state index in [-0.39, 0.29) is 12.3 Å². The van der Waals surface area contributed by atoms with Gasteiger partial charge in [-0.1, -0.05) is 30.9 Å². The monoisotopic (exact) mass is 548 g/mol. The lowest BCUT2D eigenvalue weighted by Crippen LogP contribution is -2.75. The van der Waals surface area contributed by atoms with Crippen molar-refractivity contribution in [3.63, 3.8) is 0 Å². The number of benzene rings is 1. The first-order valence-electron chi connectivity index (χ1n) is 10.2. The molecule has 1 heterocycles. The number of halogens is 2. The molecule has 186 valence electrons. The van der Waals surface area contributed by atoms with E-state index >= 15 is 0 Å². The van der Waals surface area contributed by atoms with Crippen molar-refractivity contribution in [2.75, 3.05) is 5.88 Å². The first kappa shape index (κ1) is 28.4. The molecule has 1 N–H and O–H groups in total. The predicted octanol–water partition coefficient (Wildman–Crippen LogP) is 3.02. The van der Waals surface area contributed by atoms with Crippen molar-refractivity contribution in [1.82, 2.24) is 10.2 Å². The summed E-state index contributed by atoms with van der Waals surface area (Å²) in [6.45, 7) is 10.5. The Bertz CT molecular complexity index is 965. The highest BCUT2D eigenvalue weighted by Crippen LogP contribution is 2.33. The Kier molecular flexibility index (Phi) is 9.79. The van der Waals surface area contributed by atoms with Gasteiger partial charge in [0.05, 0.1) is 15.4 Å². The molecule has 1 saturated heterocycles. The molecule has 1 aliphatic heterocycles. The number of amides is 1. The minimum absolute atomic E-state index is 0.258. The Labute approximate surface area is 216 Å². The zero-order valence-electron chi connectivity index (χ0n) is 19.1. The molecule has 4 atom stereocenters. The Morgan fingerprint density at radius 3 is 2.38 bits per heavy atom. The van der Waals surface area contributed by atoms with Crippen molar-refractivity contribution in [2.45, 2.75) is 57.2 Å². The van der Waals surface area contributed by atoms with E-state index in [2.05, 4.69) is 11.9 Å². The lowest BCUT2D eigenvalue weighted by atomic mass is 9.98. The van der Waals surface area contributed by atoms with Crippen molar-refractivity contribution in [1.29, 1.82) is 0 Å². The van der Waals surface area contributed by atoms with Crippen LogP contribution in [0.1, 0.15) is 33.3 Å². The number of nitrogens with zero attached hydrogens (tertiary/aromatic N) is 1. The van der Waals surface area contributed by atoms with Gasteiger partial charge in [0.1, 0.15) is 17.2 Å². The molecule has 1 aromatic carbocycles. The van der Waals surface area contributed by atoms with Gasteiger partial charge in [-0.3, -0.25) is 14.5 Å². The molecule has 2 rings (SSSR count). The van der Waals surface area contributed by atoms with Crippen LogP contribution in [0.3, 0.4) is 0 Å². The van der Waals surface area contributed by atoms with Gasteiger partial charge in [0.25, 0.3) is 5.91 Å². The summed E-state index contributed by atoms with van der Waals surface area (Å²) in [6.07, 6.45) is 0.264. The molecule has 34 heavy (non-hydrogen) atoms. The second kappa shape index (κ2) is 11.7. The van der Waals surface area contributed by atoms with Crippen LogP contribution in [0.2, 0.25) is 0 Å². The number of carbonyl (C=O) groups is 3. The van der Waals surface area contributed by atoms with Crippen LogP contribution in [0.15, 0.2) is 36.4 Å². The van der Waals surface area contributed by atoms with Crippen LogP contribution < -0.4 is 10.1 Å². The molecule has 0 saturated carbocycles. The van der Waals surface area contributed by atoms with Gasteiger partial charge in [0.15, 0.2) is 22.8 Å². The minimum atomic E-state index is -2.01. The topological polar surface area (TPSA) is 108 Å². The van der Waals surface area contributed by atoms with Crippen LogP contribution in [-0.2, 0) is 35.9 Å². The molecule has 0 aromatic heterocycles. The van der Waals surface area contributed by atoms with E-state index < -0.39 is 51.3 Å². The van der Waals surface area contributed by atoms with Crippen LogP contribution in [0, 0.1) is 0 Å². The van der Waals surface area contributed by atoms with Crippen molar-refractivity contribution >= 4 is 67.7 Å². The maximum Gasteiger partial charge on any atom is 0.333 e. The number of hydrogen-bond donors (Lipinski definition) is 1. The summed E-state index contributed by atoms with van der Waals surface area (Å²) in [5, 5.41) is 1.88. The smallest absolute Gasteiger partial charge is 0.333 e. The van der Waals surface area contributed by atoms with Crippen molar-refractivity contribution in [3.05, 3.63) is 42.0 Å². The average Bonchev–Trinajstić information content (AvgIpc) is 2.71. The number of nitrogens with one attached hydrogen (secondary N) is 1. The number of carbonyl (C=O) groups excluding carboxylic acids is 3. The summed E-state index contributed by atoms with van der Waals surface area (Å²) >= 11 is 10.8. The number of ether oxygens (including phenoxy) is 2. The summed E-state index contributed by atoms with van der Waals surface area (Å²) < 4.78 is 22.7. The molecule has 4 unspecified atom stereocenters. The highest BCUT2D eigenvalue weighted by atomic mass is 35.7. The minimum Gasteiger partial charge on any atom is -0.597 e. The number of hydrogen-bond acceptors (Lipinski definition) is 7. The van der Waals surface area contributed by atoms with Crippen LogP contribution in [0.5, 0.6) is 5.75 Å². The van der Waals surface area contributed by atoms with Gasteiger partial charge in [-0.2, -0.15) is 0 Å². The number of thiocarbonyl (C=S) groups is 1. The molecule has 0 aliphatic carbocycles. The molecule has 1 fully saturated rings. The van der Waals surface area contributed by atoms with Gasteiger partial charge in [0, 0.05) is 6.42 Å². The molecule has 1 amide bonds. The van der Waals surface area contributed by atoms with Gasteiger partial charge >= 0.3 is 11.9 Å². The van der Waals surface area contributed by atoms with E-state index in [4.69, 9.17) is 44.0 Å². The summed E-state index contributed by atoms with van der Waals surface area (Å²) in [5.41, 5.74) is 0.348. The van der Waals surface area contributed by atoms with E-state index in [1.807, 2.05) is 0 Å². The lowest BCUT2D eigenvalue weighted by Gasteiger charge is -2.47. The van der Waals surface area contributed by atoms with E-state index in [1.54, 1.807) is 52.0 Å². The van der Waals surface area contributed by atoms with Gasteiger partial charge < -0.3 is 19.3 Å². The maximum atomic E-state index is 13.0. The SMILES string of the molecule is C=C(C)C(C(=O)OC(C)(C)C)N1C(=O)C(NC(=S)Cc2ccc(OC(=O)CCl)cc2)C1[S+]([O-])Cl. The fraction of sp³-hybridized carbons (Fsp3) is 0.455. The zero-order valence-corrected chi connectivity index (χ0v) is 22.3. The summed E-state index contributed by atoms with van der Waals surface area (Å²) in [4.78, 5) is 38.4. The Morgan fingerprint density at radius 2 is 1.91 bits per heavy atom. The second-order valence-electron chi connectivity index (χ2n) is 8.64. The molecule has 0 bridgehead atoms. The second-order valence-corrected chi connectivity index (χ2v) is 11.3. The number of alkyl halides is 1. The lowest BCUT2D eigenvalue weighted by molar-refractivity contribution is -0.169. The van der Waals surface area contributed by atoms with Crippen LogP contribution in [0.4, 0.5) is 0 Å². The highest BCUT2D eigenvalue weighted by Gasteiger charge is 2.60. The molecule has 8 nitrogen and oxygen atoms in total. The number of esters is 2. The third-order valence-corrected chi connectivity index (χ3v) is 6.50. The van der Waals surface area contributed by atoms with Gasteiger partial charge in [0.2, 0.25) is 5.37 Å². The number of rotatable bonds is 9. The van der Waals surface area contributed by atoms with E-state index in [9.17, 15) is 18.9 Å². The third-order valence-electron chi connectivity index (χ3n) is 4.59. The van der Waals surface area contributed by atoms with Crippen molar-refractivity contribution in [3.8, 4) is 5.75 Å². The van der Waals surface area contributed by atoms with Crippen LogP contribution in [-0.4, -0.2) is 61.2 Å². The summed E-state index contributed by atoms with van der Waals surface area (Å²) in [6, 6.07) is 4.49. The molecular weight excluding hydrogens is 523 g/mol. The van der Waals surface area contributed by atoms with E-state index in [1.165, 1.54) is 0 Å². The Balaban J connectivity index is 2.09. The van der Waals surface area contributed by atoms with Gasteiger partial charge in [-0.05, 0) is 51.0 Å². The average molecular weight is 549 g/mol. The first-order valence-corrected chi connectivity index (χ1v) is 13.2. The fourth-order valence-corrected chi connectivity index (χ4v) is 4.96.